The van der Waals surface area contributed by atoms with Gasteiger partial charge in [-0.2, -0.15) is 0 Å². The maximum atomic E-state index is 10.9. The molecular weight excluding hydrogens is 200 g/mol. The molecule has 1 aromatic heterocycles. The van der Waals surface area contributed by atoms with Crippen LogP contribution in [0, 0.1) is 0 Å². The number of hydrogen-bond acceptors (Lipinski definition) is 3. The number of pyridine rings is 1. The van der Waals surface area contributed by atoms with E-state index in [1.165, 1.54) is 6.20 Å². The molecule has 0 aliphatic heterocycles. The van der Waals surface area contributed by atoms with Crippen LogP contribution in [0.5, 0.6) is 0 Å². The van der Waals surface area contributed by atoms with Crippen LogP contribution in [0.2, 0.25) is 0 Å². The minimum absolute atomic E-state index is 0.473. The Bertz CT molecular complexity index is 421. The number of sulfonamides is 1. The van der Waals surface area contributed by atoms with Gasteiger partial charge in [-0.25, -0.2) is 8.42 Å². The van der Waals surface area contributed by atoms with Gasteiger partial charge < -0.3 is 0 Å². The molecule has 0 atom stereocenters. The molecule has 1 aromatic rings. The third-order valence-corrected chi connectivity index (χ3v) is 2.03. The summed E-state index contributed by atoms with van der Waals surface area (Å²) in [6, 6.07) is 3.41. The lowest BCUT2D eigenvalue weighted by molar-refractivity contribution is 0.607. The van der Waals surface area contributed by atoms with Gasteiger partial charge in [-0.15, -0.1) is 0 Å². The molecular formula is C9H12N2O2S. The van der Waals surface area contributed by atoms with Gasteiger partial charge in [-0.05, 0) is 25.1 Å². The molecule has 0 spiro atoms. The van der Waals surface area contributed by atoms with Crippen molar-refractivity contribution in [3.05, 3.63) is 30.1 Å². The fourth-order valence-corrected chi connectivity index (χ4v) is 1.50. The molecule has 0 fully saturated rings. The Morgan fingerprint density at radius 3 is 2.57 bits per heavy atom. The summed E-state index contributed by atoms with van der Waals surface area (Å²) in [5.74, 6) is 0. The maximum absolute atomic E-state index is 10.9. The molecule has 0 amide bonds. The van der Waals surface area contributed by atoms with Gasteiger partial charge in [0.25, 0.3) is 0 Å². The van der Waals surface area contributed by atoms with Crippen molar-refractivity contribution in [1.29, 1.82) is 0 Å². The Hall–Kier alpha value is -1.36. The zero-order valence-corrected chi connectivity index (χ0v) is 8.88. The molecule has 0 radical (unpaired) electrons. The molecule has 14 heavy (non-hydrogen) atoms. The van der Waals surface area contributed by atoms with E-state index in [2.05, 4.69) is 9.71 Å². The first-order valence-corrected chi connectivity index (χ1v) is 5.97. The number of allylic oxidation sites excluding steroid dienone is 1. The zero-order chi connectivity index (χ0) is 10.6. The highest BCUT2D eigenvalue weighted by molar-refractivity contribution is 7.92. The minimum Gasteiger partial charge on any atom is -0.282 e. The topological polar surface area (TPSA) is 59.1 Å². The minimum atomic E-state index is -3.21. The van der Waals surface area contributed by atoms with Gasteiger partial charge in [-0.3, -0.25) is 9.71 Å². The fourth-order valence-electron chi connectivity index (χ4n) is 0.949. The van der Waals surface area contributed by atoms with E-state index in [0.717, 1.165) is 11.9 Å². The molecule has 1 rings (SSSR count). The molecule has 0 unspecified atom stereocenters. The summed E-state index contributed by atoms with van der Waals surface area (Å²) in [5.41, 5.74) is 1.27. The number of nitrogens with zero attached hydrogens (tertiary/aromatic N) is 1. The maximum Gasteiger partial charge on any atom is 0.229 e. The molecule has 0 saturated heterocycles. The van der Waals surface area contributed by atoms with Crippen LogP contribution in [0.3, 0.4) is 0 Å². The van der Waals surface area contributed by atoms with E-state index in [4.69, 9.17) is 0 Å². The van der Waals surface area contributed by atoms with Crippen LogP contribution >= 0.6 is 0 Å². The molecule has 0 aliphatic carbocycles. The quantitative estimate of drug-likeness (QED) is 0.825. The standard InChI is InChI=1S/C9H12N2O2S/c1-3-4-8-5-6-9(7-10-8)11-14(2,12)13/h3-7,11H,1-2H3. The predicted molar refractivity (Wildman–Crippen MR) is 57.4 cm³/mol. The second-order valence-electron chi connectivity index (χ2n) is 2.85. The predicted octanol–water partition coefficient (Wildman–Crippen LogP) is 1.49. The van der Waals surface area contributed by atoms with Crippen molar-refractivity contribution < 1.29 is 8.42 Å². The number of anilines is 1. The molecule has 76 valence electrons. The van der Waals surface area contributed by atoms with Gasteiger partial charge in [0.2, 0.25) is 10.0 Å². The van der Waals surface area contributed by atoms with Gasteiger partial charge in [0.1, 0.15) is 0 Å². The van der Waals surface area contributed by atoms with Crippen molar-refractivity contribution in [2.24, 2.45) is 0 Å². The Morgan fingerprint density at radius 1 is 1.43 bits per heavy atom. The summed E-state index contributed by atoms with van der Waals surface area (Å²) in [6.07, 6.45) is 6.29. The second kappa shape index (κ2) is 4.23. The smallest absolute Gasteiger partial charge is 0.229 e. The van der Waals surface area contributed by atoms with Gasteiger partial charge >= 0.3 is 0 Å². The van der Waals surface area contributed by atoms with Crippen LogP contribution in [0.4, 0.5) is 5.69 Å². The largest absolute Gasteiger partial charge is 0.282 e. The van der Waals surface area contributed by atoms with Crippen molar-refractivity contribution in [3.8, 4) is 0 Å². The first-order chi connectivity index (χ1) is 6.51. The van der Waals surface area contributed by atoms with E-state index in [1.807, 2.05) is 19.1 Å². The Morgan fingerprint density at radius 2 is 2.14 bits per heavy atom. The van der Waals surface area contributed by atoms with Crippen LogP contribution in [-0.2, 0) is 10.0 Å². The summed E-state index contributed by atoms with van der Waals surface area (Å²) in [5, 5.41) is 0. The molecule has 4 nitrogen and oxygen atoms in total. The summed E-state index contributed by atoms with van der Waals surface area (Å²) in [4.78, 5) is 4.04. The third kappa shape index (κ3) is 3.57. The molecule has 5 heteroatoms. The van der Waals surface area contributed by atoms with E-state index in [-0.39, 0.29) is 0 Å². The van der Waals surface area contributed by atoms with Crippen molar-refractivity contribution >= 4 is 21.8 Å². The lowest BCUT2D eigenvalue weighted by Gasteiger charge is -2.02. The first kappa shape index (κ1) is 10.7. The normalized spacial score (nSPS) is 11.9. The zero-order valence-electron chi connectivity index (χ0n) is 8.06. The highest BCUT2D eigenvalue weighted by atomic mass is 32.2. The molecule has 0 aliphatic rings. The molecule has 0 aromatic carbocycles. The molecule has 0 bridgehead atoms. The van der Waals surface area contributed by atoms with Crippen LogP contribution in [-0.4, -0.2) is 19.7 Å². The lowest BCUT2D eigenvalue weighted by Crippen LogP contribution is -2.09. The molecule has 1 heterocycles. The first-order valence-electron chi connectivity index (χ1n) is 4.08. The van der Waals surface area contributed by atoms with Crippen molar-refractivity contribution in [2.45, 2.75) is 6.92 Å². The third-order valence-electron chi connectivity index (χ3n) is 1.43. The monoisotopic (exact) mass is 212 g/mol. The van der Waals surface area contributed by atoms with Gasteiger partial charge in [0.15, 0.2) is 0 Å². The highest BCUT2D eigenvalue weighted by Gasteiger charge is 2.00. The number of aromatic nitrogens is 1. The van der Waals surface area contributed by atoms with Gasteiger partial charge in [-0.1, -0.05) is 6.08 Å². The van der Waals surface area contributed by atoms with Crippen LogP contribution < -0.4 is 4.72 Å². The van der Waals surface area contributed by atoms with E-state index >= 15 is 0 Å². The van der Waals surface area contributed by atoms with Crippen molar-refractivity contribution in [2.75, 3.05) is 11.0 Å². The summed E-state index contributed by atoms with van der Waals surface area (Å²) in [7, 11) is -3.21. The lowest BCUT2D eigenvalue weighted by atomic mass is 10.3. The fraction of sp³-hybridized carbons (Fsp3) is 0.222. The molecule has 1 N–H and O–H groups in total. The van der Waals surface area contributed by atoms with Crippen molar-refractivity contribution in [3.63, 3.8) is 0 Å². The Kier molecular flexibility index (Phi) is 3.24. The Labute approximate surface area is 83.7 Å². The summed E-state index contributed by atoms with van der Waals surface area (Å²) >= 11 is 0. The van der Waals surface area contributed by atoms with Gasteiger partial charge in [0.05, 0.1) is 23.8 Å². The van der Waals surface area contributed by atoms with E-state index in [0.29, 0.717) is 5.69 Å². The summed E-state index contributed by atoms with van der Waals surface area (Å²) in [6.45, 7) is 1.89. The number of rotatable bonds is 3. The van der Waals surface area contributed by atoms with Gasteiger partial charge in [0, 0.05) is 0 Å². The number of nitrogens with one attached hydrogen (secondary N) is 1. The average molecular weight is 212 g/mol. The SMILES string of the molecule is CC=Cc1ccc(NS(C)(=O)=O)cn1. The van der Waals surface area contributed by atoms with Crippen LogP contribution in [0.25, 0.3) is 6.08 Å². The average Bonchev–Trinajstić information content (AvgIpc) is 2.06. The highest BCUT2D eigenvalue weighted by Crippen LogP contribution is 2.08. The Balaban J connectivity index is 2.84. The van der Waals surface area contributed by atoms with Crippen LogP contribution in [0.1, 0.15) is 12.6 Å². The number of hydrogen-bond donors (Lipinski definition) is 1. The van der Waals surface area contributed by atoms with Crippen LogP contribution in [0.15, 0.2) is 24.4 Å². The molecule has 0 saturated carbocycles. The van der Waals surface area contributed by atoms with E-state index in [9.17, 15) is 8.42 Å². The summed E-state index contributed by atoms with van der Waals surface area (Å²) < 4.78 is 24.1. The van der Waals surface area contributed by atoms with Crippen molar-refractivity contribution in [1.82, 2.24) is 4.98 Å². The van der Waals surface area contributed by atoms with E-state index in [1.54, 1.807) is 12.1 Å². The second-order valence-corrected chi connectivity index (χ2v) is 4.59. The van der Waals surface area contributed by atoms with E-state index < -0.39 is 10.0 Å².